The molecule has 3 nitrogen and oxygen atoms in total. The number of hydrogen-bond donors (Lipinski definition) is 2. The molecule has 1 unspecified atom stereocenters. The van der Waals surface area contributed by atoms with Crippen LogP contribution in [0.2, 0.25) is 5.02 Å². The van der Waals surface area contributed by atoms with Gasteiger partial charge in [0.1, 0.15) is 12.4 Å². The lowest BCUT2D eigenvalue weighted by Crippen LogP contribution is -3.13. The zero-order chi connectivity index (χ0) is 17.1. The van der Waals surface area contributed by atoms with E-state index in [9.17, 15) is 9.18 Å². The van der Waals surface area contributed by atoms with Crippen molar-refractivity contribution in [3.8, 4) is 0 Å². The van der Waals surface area contributed by atoms with E-state index in [0.29, 0.717) is 29.7 Å². The van der Waals surface area contributed by atoms with Crippen LogP contribution in [0.5, 0.6) is 0 Å². The summed E-state index contributed by atoms with van der Waals surface area (Å²) in [5.41, 5.74) is 2.24. The zero-order valence-corrected chi connectivity index (χ0v) is 14.4. The third kappa shape index (κ3) is 4.13. The highest BCUT2D eigenvalue weighted by molar-refractivity contribution is 6.31. The summed E-state index contributed by atoms with van der Waals surface area (Å²) in [4.78, 5) is 13.5. The van der Waals surface area contributed by atoms with Crippen LogP contribution in [-0.2, 0) is 11.3 Å². The van der Waals surface area contributed by atoms with E-state index in [0.717, 1.165) is 29.0 Å². The van der Waals surface area contributed by atoms with Crippen LogP contribution in [0.1, 0.15) is 24.0 Å². The van der Waals surface area contributed by atoms with Crippen LogP contribution in [0.25, 0.3) is 0 Å². The standard InChI is InChI=1S/C19H20ClFN2O/c1-13-16(20)6-4-8-18(13)22-19(24)12-23(15-9-10-15)11-14-5-2-3-7-17(14)21/h2-8,15H,9-12H2,1H3,(H,22,24)/p+1. The highest BCUT2D eigenvalue weighted by Crippen LogP contribution is 2.22. The minimum Gasteiger partial charge on any atom is -0.321 e. The number of carbonyl (C=O) groups is 1. The molecular weight excluding hydrogens is 327 g/mol. The highest BCUT2D eigenvalue weighted by Gasteiger charge is 2.35. The fourth-order valence-electron chi connectivity index (χ4n) is 2.87. The van der Waals surface area contributed by atoms with Crippen LogP contribution >= 0.6 is 11.6 Å². The molecule has 0 saturated heterocycles. The summed E-state index contributed by atoms with van der Waals surface area (Å²) in [6.45, 7) is 2.73. The van der Waals surface area contributed by atoms with Gasteiger partial charge in [0.05, 0.1) is 6.04 Å². The second-order valence-corrected chi connectivity index (χ2v) is 6.75. The number of anilines is 1. The number of rotatable bonds is 6. The molecule has 2 aromatic carbocycles. The molecule has 0 bridgehead atoms. The van der Waals surface area contributed by atoms with E-state index in [-0.39, 0.29) is 11.7 Å². The van der Waals surface area contributed by atoms with Gasteiger partial charge in [-0.05, 0) is 30.7 Å². The van der Waals surface area contributed by atoms with Crippen molar-refractivity contribution in [1.29, 1.82) is 0 Å². The van der Waals surface area contributed by atoms with Crippen molar-refractivity contribution < 1.29 is 14.1 Å². The number of hydrogen-bond acceptors (Lipinski definition) is 1. The average Bonchev–Trinajstić information content (AvgIpc) is 3.38. The van der Waals surface area contributed by atoms with Crippen molar-refractivity contribution in [3.63, 3.8) is 0 Å². The molecule has 0 spiro atoms. The molecule has 0 heterocycles. The zero-order valence-electron chi connectivity index (χ0n) is 13.6. The normalized spacial score (nSPS) is 15.1. The molecule has 0 aliphatic heterocycles. The third-order valence-corrected chi connectivity index (χ3v) is 4.87. The molecule has 1 saturated carbocycles. The molecule has 126 valence electrons. The van der Waals surface area contributed by atoms with E-state index in [1.165, 1.54) is 6.07 Å². The predicted molar refractivity (Wildman–Crippen MR) is 93.8 cm³/mol. The first-order valence-corrected chi connectivity index (χ1v) is 8.55. The molecule has 1 fully saturated rings. The second-order valence-electron chi connectivity index (χ2n) is 6.34. The molecule has 3 rings (SSSR count). The van der Waals surface area contributed by atoms with Crippen LogP contribution in [0.3, 0.4) is 0 Å². The largest absolute Gasteiger partial charge is 0.321 e. The predicted octanol–water partition coefficient (Wildman–Crippen LogP) is 2.97. The van der Waals surface area contributed by atoms with E-state index >= 15 is 0 Å². The quantitative estimate of drug-likeness (QED) is 0.827. The van der Waals surface area contributed by atoms with Crippen LogP contribution in [0, 0.1) is 12.7 Å². The maximum absolute atomic E-state index is 13.9. The van der Waals surface area contributed by atoms with Gasteiger partial charge in [0.2, 0.25) is 0 Å². The Morgan fingerprint density at radius 1 is 1.25 bits per heavy atom. The summed E-state index contributed by atoms with van der Waals surface area (Å²) in [7, 11) is 0. The molecule has 2 N–H and O–H groups in total. The highest BCUT2D eigenvalue weighted by atomic mass is 35.5. The first-order valence-electron chi connectivity index (χ1n) is 8.17. The monoisotopic (exact) mass is 347 g/mol. The van der Waals surface area contributed by atoms with Crippen LogP contribution < -0.4 is 10.2 Å². The van der Waals surface area contributed by atoms with Gasteiger partial charge in [-0.25, -0.2) is 4.39 Å². The van der Waals surface area contributed by atoms with Gasteiger partial charge in [-0.3, -0.25) is 4.79 Å². The minimum absolute atomic E-state index is 0.0707. The number of amides is 1. The summed E-state index contributed by atoms with van der Waals surface area (Å²) < 4.78 is 13.9. The van der Waals surface area contributed by atoms with E-state index in [2.05, 4.69) is 5.32 Å². The Kier molecular flexibility index (Phi) is 5.17. The van der Waals surface area contributed by atoms with Gasteiger partial charge in [0.15, 0.2) is 6.54 Å². The third-order valence-electron chi connectivity index (χ3n) is 4.46. The van der Waals surface area contributed by atoms with Gasteiger partial charge in [0.25, 0.3) is 5.91 Å². The summed E-state index contributed by atoms with van der Waals surface area (Å²) >= 11 is 6.09. The number of carbonyl (C=O) groups excluding carboxylic acids is 1. The molecule has 24 heavy (non-hydrogen) atoms. The molecule has 0 aromatic heterocycles. The maximum atomic E-state index is 13.9. The van der Waals surface area contributed by atoms with Crippen molar-refractivity contribution in [1.82, 2.24) is 0 Å². The van der Waals surface area contributed by atoms with Gasteiger partial charge in [-0.2, -0.15) is 0 Å². The summed E-state index contributed by atoms with van der Waals surface area (Å²) in [6, 6.07) is 12.7. The molecule has 0 radical (unpaired) electrons. The van der Waals surface area contributed by atoms with E-state index < -0.39 is 0 Å². The molecule has 1 atom stereocenters. The lowest BCUT2D eigenvalue weighted by molar-refractivity contribution is -0.917. The molecular formula is C19H21ClFN2O+. The SMILES string of the molecule is Cc1c(Cl)cccc1NC(=O)C[NH+](Cc1ccccc1F)C1CC1. The number of halogens is 2. The lowest BCUT2D eigenvalue weighted by Gasteiger charge is -2.19. The number of quaternary nitrogens is 1. The Hall–Kier alpha value is -1.91. The number of nitrogens with one attached hydrogen (secondary N) is 2. The van der Waals surface area contributed by atoms with Crippen molar-refractivity contribution >= 4 is 23.2 Å². The molecule has 2 aromatic rings. The van der Waals surface area contributed by atoms with Crippen molar-refractivity contribution in [2.45, 2.75) is 32.4 Å². The summed E-state index contributed by atoms with van der Waals surface area (Å²) in [6.07, 6.45) is 2.18. The Labute approximate surface area is 146 Å². The first kappa shape index (κ1) is 16.9. The van der Waals surface area contributed by atoms with Crippen LogP contribution in [-0.4, -0.2) is 18.5 Å². The summed E-state index contributed by atoms with van der Waals surface area (Å²) in [5.74, 6) is -0.277. The molecule has 5 heteroatoms. The fourth-order valence-corrected chi connectivity index (χ4v) is 3.05. The van der Waals surface area contributed by atoms with Gasteiger partial charge in [-0.15, -0.1) is 0 Å². The smallest absolute Gasteiger partial charge is 0.279 e. The Morgan fingerprint density at radius 3 is 2.71 bits per heavy atom. The van der Waals surface area contributed by atoms with Crippen molar-refractivity contribution in [3.05, 3.63) is 64.4 Å². The van der Waals surface area contributed by atoms with E-state index in [1.54, 1.807) is 18.2 Å². The van der Waals surface area contributed by atoms with Gasteiger partial charge in [-0.1, -0.05) is 35.9 Å². The molecule has 1 aliphatic rings. The number of benzene rings is 2. The van der Waals surface area contributed by atoms with Gasteiger partial charge in [0, 0.05) is 29.1 Å². The van der Waals surface area contributed by atoms with E-state index in [4.69, 9.17) is 11.6 Å². The van der Waals surface area contributed by atoms with Gasteiger partial charge >= 0.3 is 0 Å². The Morgan fingerprint density at radius 2 is 2.00 bits per heavy atom. The Bertz CT molecular complexity index is 746. The topological polar surface area (TPSA) is 33.5 Å². The Balaban J connectivity index is 1.66. The van der Waals surface area contributed by atoms with Gasteiger partial charge < -0.3 is 10.2 Å². The maximum Gasteiger partial charge on any atom is 0.279 e. The molecule has 1 aliphatic carbocycles. The second kappa shape index (κ2) is 7.32. The van der Waals surface area contributed by atoms with E-state index in [1.807, 2.05) is 25.1 Å². The fraction of sp³-hybridized carbons (Fsp3) is 0.316. The lowest BCUT2D eigenvalue weighted by atomic mass is 10.2. The van der Waals surface area contributed by atoms with Crippen LogP contribution in [0.4, 0.5) is 10.1 Å². The average molecular weight is 348 g/mol. The molecule has 1 amide bonds. The van der Waals surface area contributed by atoms with Crippen molar-refractivity contribution in [2.24, 2.45) is 0 Å². The van der Waals surface area contributed by atoms with Crippen molar-refractivity contribution in [2.75, 3.05) is 11.9 Å². The van der Waals surface area contributed by atoms with Crippen LogP contribution in [0.15, 0.2) is 42.5 Å². The minimum atomic E-state index is -0.207. The first-order chi connectivity index (χ1) is 11.5. The summed E-state index contributed by atoms with van der Waals surface area (Å²) in [5, 5.41) is 3.56.